The molecule has 0 amide bonds. The predicted molar refractivity (Wildman–Crippen MR) is 206 cm³/mol. The molecule has 0 fully saturated rings. The Balaban J connectivity index is 4.48. The minimum atomic E-state index is -4.11. The molecule has 0 saturated heterocycles. The molecule has 0 radical (unpaired) electrons. The summed E-state index contributed by atoms with van der Waals surface area (Å²) in [5.74, 6) is 0. The molecule has 12 nitrogen and oxygen atoms in total. The van der Waals surface area contributed by atoms with Gasteiger partial charge in [-0.3, -0.25) is 13.6 Å². The molecule has 0 aliphatic rings. The first-order valence-corrected chi connectivity index (χ1v) is 21.4. The van der Waals surface area contributed by atoms with Crippen molar-refractivity contribution in [3.8, 4) is 0 Å². The fourth-order valence-electron chi connectivity index (χ4n) is 4.99. The summed E-state index contributed by atoms with van der Waals surface area (Å²) < 4.78 is 47.0. The minimum Gasteiger partial charge on any atom is -0.394 e. The zero-order chi connectivity index (χ0) is 37.4. The number of nitrogens with zero attached hydrogens (tertiary/aromatic N) is 3. The number of phosphoric ester groups is 1. The maximum Gasteiger partial charge on any atom is 0.475 e. The molecule has 51 heavy (non-hydrogen) atoms. The highest BCUT2D eigenvalue weighted by Crippen LogP contribution is 2.49. The number of rotatable bonds is 41. The predicted octanol–water partition coefficient (Wildman–Crippen LogP) is 10.2. The third-order valence-corrected chi connectivity index (χ3v) is 9.57. The summed E-state index contributed by atoms with van der Waals surface area (Å²) >= 11 is 0. The number of unbranched alkanes of at least 4 members (excludes halogenated alkanes) is 16. The van der Waals surface area contributed by atoms with Crippen molar-refractivity contribution in [2.24, 2.45) is 5.11 Å². The fraction of sp³-hybridized carbons (Fsp3) is 0.895. The second-order valence-electron chi connectivity index (χ2n) is 12.8. The van der Waals surface area contributed by atoms with Crippen molar-refractivity contribution in [3.63, 3.8) is 0 Å². The van der Waals surface area contributed by atoms with Gasteiger partial charge in [-0.1, -0.05) is 120 Å². The first-order chi connectivity index (χ1) is 25.0. The van der Waals surface area contributed by atoms with E-state index in [1.165, 1.54) is 77.0 Å². The smallest absolute Gasteiger partial charge is 0.394 e. The van der Waals surface area contributed by atoms with Gasteiger partial charge in [-0.15, -0.1) is 0 Å². The lowest BCUT2D eigenvalue weighted by Crippen LogP contribution is -2.27. The van der Waals surface area contributed by atoms with Gasteiger partial charge in [0, 0.05) is 24.7 Å². The lowest BCUT2D eigenvalue weighted by molar-refractivity contribution is -0.0420. The van der Waals surface area contributed by atoms with Crippen LogP contribution in [0.3, 0.4) is 0 Å². The minimum absolute atomic E-state index is 0.0723. The Morgan fingerprint density at radius 2 is 1.02 bits per heavy atom. The van der Waals surface area contributed by atoms with Crippen molar-refractivity contribution in [3.05, 3.63) is 34.7 Å². The number of phosphoric acid groups is 1. The second-order valence-corrected chi connectivity index (χ2v) is 14.5. The van der Waals surface area contributed by atoms with E-state index in [4.69, 9.17) is 33.3 Å². The van der Waals surface area contributed by atoms with Gasteiger partial charge < -0.3 is 24.4 Å². The molecule has 0 aromatic carbocycles. The largest absolute Gasteiger partial charge is 0.475 e. The van der Waals surface area contributed by atoms with Gasteiger partial charge in [-0.05, 0) is 56.9 Å². The molecule has 300 valence electrons. The second kappa shape index (κ2) is 39.9. The molecule has 0 aromatic heterocycles. The number of hydrogen-bond acceptors (Lipinski definition) is 10. The average molecular weight is 748 g/mol. The zero-order valence-electron chi connectivity index (χ0n) is 32.2. The monoisotopic (exact) mass is 748 g/mol. The van der Waals surface area contributed by atoms with Gasteiger partial charge in [-0.25, -0.2) is 4.57 Å². The van der Waals surface area contributed by atoms with Gasteiger partial charge in [-0.2, -0.15) is 0 Å². The van der Waals surface area contributed by atoms with Crippen molar-refractivity contribution in [1.29, 1.82) is 0 Å². The summed E-state index contributed by atoms with van der Waals surface area (Å²) in [4.78, 5) is 2.67. The van der Waals surface area contributed by atoms with Gasteiger partial charge in [0.1, 0.15) is 12.2 Å². The Labute approximate surface area is 310 Å². The van der Waals surface area contributed by atoms with Gasteiger partial charge >= 0.3 is 7.82 Å². The molecule has 0 unspecified atom stereocenters. The van der Waals surface area contributed by atoms with Crippen molar-refractivity contribution >= 4 is 7.82 Å². The maximum absolute atomic E-state index is 13.5. The zero-order valence-corrected chi connectivity index (χ0v) is 33.1. The van der Waals surface area contributed by atoms with Crippen LogP contribution in [0.15, 0.2) is 29.4 Å². The number of ether oxygens (including phenoxy) is 3. The molecular weight excluding hydrogens is 673 g/mol. The van der Waals surface area contributed by atoms with Crippen LogP contribution in [0, 0.1) is 0 Å². The van der Waals surface area contributed by atoms with Crippen molar-refractivity contribution in [2.45, 2.75) is 154 Å². The van der Waals surface area contributed by atoms with Gasteiger partial charge in [0.15, 0.2) is 0 Å². The highest BCUT2D eigenvalue weighted by Gasteiger charge is 2.30. The first kappa shape index (κ1) is 49.7. The summed E-state index contributed by atoms with van der Waals surface area (Å²) in [5, 5.41) is 23.1. The number of aliphatic hydroxyl groups excluding tert-OH is 2. The number of allylic oxidation sites excluding steroid dienone is 4. The van der Waals surface area contributed by atoms with Crippen LogP contribution in [0.1, 0.15) is 142 Å². The third-order valence-electron chi connectivity index (χ3n) is 8.14. The molecule has 0 rings (SSSR count). The normalized spacial score (nSPS) is 13.3. The van der Waals surface area contributed by atoms with E-state index >= 15 is 0 Å². The van der Waals surface area contributed by atoms with E-state index in [0.29, 0.717) is 13.2 Å². The van der Waals surface area contributed by atoms with E-state index in [-0.39, 0.29) is 52.8 Å². The van der Waals surface area contributed by atoms with Crippen LogP contribution in [-0.4, -0.2) is 88.4 Å². The van der Waals surface area contributed by atoms with E-state index in [1.54, 1.807) is 0 Å². The third kappa shape index (κ3) is 35.5. The maximum atomic E-state index is 13.5. The van der Waals surface area contributed by atoms with Crippen molar-refractivity contribution < 1.29 is 42.6 Å². The number of aliphatic hydroxyl groups is 2. The summed E-state index contributed by atoms with van der Waals surface area (Å²) in [6, 6.07) is 0. The molecule has 2 N–H and O–H groups in total. The standard InChI is InChI=1S/C38H74N3O9P/c1-3-5-7-9-11-13-15-17-19-21-23-25-28-46-37(33-42)35-49-51(44,48-32-31-45-30-27-40-41-39)50-36-38(34-43)47-29-26-24-22-20-18-16-14-12-10-8-6-4-2/h9-12,37-38,42-43H,3-8,13-36H2,1-2H3/b11-9-,12-10-/t37-,38-/m0/s1. The molecule has 0 aliphatic carbocycles. The fourth-order valence-corrected chi connectivity index (χ4v) is 6.21. The molecule has 0 heterocycles. The van der Waals surface area contributed by atoms with Crippen LogP contribution in [0.2, 0.25) is 0 Å². The molecule has 0 spiro atoms. The highest BCUT2D eigenvalue weighted by molar-refractivity contribution is 7.48. The SMILES string of the molecule is CCCC/C=C\CCCCCCCCO[C@@H](CO)COP(=O)(OCCOCCN=[N+]=[N-])OC[C@H](CO)OCCCCCCCC/C=C\CCCC. The van der Waals surface area contributed by atoms with E-state index in [9.17, 15) is 14.8 Å². The van der Waals surface area contributed by atoms with Crippen LogP contribution in [-0.2, 0) is 32.3 Å². The van der Waals surface area contributed by atoms with E-state index in [0.717, 1.165) is 51.4 Å². The first-order valence-electron chi connectivity index (χ1n) is 19.9. The van der Waals surface area contributed by atoms with Crippen LogP contribution in [0.5, 0.6) is 0 Å². The Morgan fingerprint density at radius 3 is 1.45 bits per heavy atom. The molecule has 2 atom stereocenters. The average Bonchev–Trinajstić information content (AvgIpc) is 3.14. The summed E-state index contributed by atoms with van der Waals surface area (Å²) in [5.41, 5.74) is 8.38. The number of azide groups is 1. The van der Waals surface area contributed by atoms with Crippen LogP contribution in [0.25, 0.3) is 10.4 Å². The topological polar surface area (TPSA) is 162 Å². The summed E-state index contributed by atoms with van der Waals surface area (Å²) in [7, 11) is -4.11. The van der Waals surface area contributed by atoms with Gasteiger partial charge in [0.05, 0.1) is 46.2 Å². The van der Waals surface area contributed by atoms with Gasteiger partial charge in [0.2, 0.25) is 0 Å². The van der Waals surface area contributed by atoms with Crippen LogP contribution in [0.4, 0.5) is 0 Å². The number of hydrogen-bond donors (Lipinski definition) is 2. The van der Waals surface area contributed by atoms with Crippen molar-refractivity contribution in [2.75, 3.05) is 66.0 Å². The molecule has 0 aliphatic heterocycles. The highest BCUT2D eigenvalue weighted by atomic mass is 31.2. The molecule has 13 heteroatoms. The Morgan fingerprint density at radius 1 is 0.588 bits per heavy atom. The van der Waals surface area contributed by atoms with Crippen LogP contribution < -0.4 is 0 Å². The molecule has 0 saturated carbocycles. The van der Waals surface area contributed by atoms with Crippen LogP contribution >= 0.6 is 7.82 Å². The summed E-state index contributed by atoms with van der Waals surface area (Å²) in [6.07, 6.45) is 30.8. The molecular formula is C38H74N3O9P. The summed E-state index contributed by atoms with van der Waals surface area (Å²) in [6.45, 7) is 4.64. The van der Waals surface area contributed by atoms with Crippen molar-refractivity contribution in [1.82, 2.24) is 0 Å². The molecule has 0 aromatic rings. The lowest BCUT2D eigenvalue weighted by atomic mass is 10.1. The lowest BCUT2D eigenvalue weighted by Gasteiger charge is -2.23. The quantitative estimate of drug-likeness (QED) is 0.0155. The molecule has 0 bridgehead atoms. The Kier molecular flexibility index (Phi) is 38.9. The van der Waals surface area contributed by atoms with E-state index in [2.05, 4.69) is 48.2 Å². The Hall–Kier alpha value is -1.30. The van der Waals surface area contributed by atoms with E-state index < -0.39 is 20.0 Å². The Bertz CT molecular complexity index is 839. The van der Waals surface area contributed by atoms with E-state index in [1.807, 2.05) is 0 Å². The van der Waals surface area contributed by atoms with Gasteiger partial charge in [0.25, 0.3) is 0 Å².